The van der Waals surface area contributed by atoms with Crippen LogP contribution in [0.1, 0.15) is 38.1 Å². The number of nitrogens with one attached hydrogen (secondary N) is 1. The summed E-state index contributed by atoms with van der Waals surface area (Å²) in [6, 6.07) is 4.63. The van der Waals surface area contributed by atoms with Crippen molar-refractivity contribution < 1.29 is 8.81 Å². The maximum absolute atomic E-state index is 13.1. The van der Waals surface area contributed by atoms with E-state index in [1.165, 1.54) is 25.0 Å². The molecular formula is C14H17FN2O. The first kappa shape index (κ1) is 11.7. The summed E-state index contributed by atoms with van der Waals surface area (Å²) >= 11 is 0. The Morgan fingerprint density at radius 3 is 3.22 bits per heavy atom. The van der Waals surface area contributed by atoms with Crippen molar-refractivity contribution >= 4 is 11.1 Å². The number of oxazole rings is 1. The Hall–Kier alpha value is -1.42. The summed E-state index contributed by atoms with van der Waals surface area (Å²) in [6.07, 6.45) is 3.45. The fourth-order valence-corrected chi connectivity index (χ4v) is 2.62. The van der Waals surface area contributed by atoms with Gasteiger partial charge in [0.1, 0.15) is 11.3 Å². The minimum absolute atomic E-state index is 0.166. The van der Waals surface area contributed by atoms with Gasteiger partial charge in [0.2, 0.25) is 5.89 Å². The van der Waals surface area contributed by atoms with Gasteiger partial charge in [0.05, 0.1) is 6.04 Å². The van der Waals surface area contributed by atoms with Gasteiger partial charge in [-0.1, -0.05) is 13.3 Å². The highest BCUT2D eigenvalue weighted by molar-refractivity contribution is 5.72. The average Bonchev–Trinajstić information content (AvgIpc) is 2.81. The molecule has 2 unspecified atom stereocenters. The molecule has 1 saturated heterocycles. The van der Waals surface area contributed by atoms with Gasteiger partial charge in [-0.15, -0.1) is 0 Å². The van der Waals surface area contributed by atoms with Crippen molar-refractivity contribution in [2.75, 3.05) is 6.54 Å². The van der Waals surface area contributed by atoms with Crippen LogP contribution in [0.25, 0.3) is 11.1 Å². The molecule has 18 heavy (non-hydrogen) atoms. The van der Waals surface area contributed by atoms with Crippen LogP contribution in [0.3, 0.4) is 0 Å². The molecule has 4 heteroatoms. The maximum Gasteiger partial charge on any atom is 0.212 e. The van der Waals surface area contributed by atoms with Crippen LogP contribution in [0.4, 0.5) is 4.39 Å². The van der Waals surface area contributed by atoms with Gasteiger partial charge >= 0.3 is 0 Å². The third kappa shape index (κ3) is 2.12. The van der Waals surface area contributed by atoms with E-state index in [2.05, 4.69) is 17.2 Å². The molecule has 1 fully saturated rings. The van der Waals surface area contributed by atoms with Crippen molar-refractivity contribution in [3.8, 4) is 0 Å². The number of fused-ring (bicyclic) bond motifs is 1. The smallest absolute Gasteiger partial charge is 0.212 e. The van der Waals surface area contributed by atoms with Crippen LogP contribution in [-0.2, 0) is 0 Å². The zero-order valence-electron chi connectivity index (χ0n) is 10.4. The van der Waals surface area contributed by atoms with E-state index < -0.39 is 0 Å². The zero-order valence-corrected chi connectivity index (χ0v) is 10.4. The van der Waals surface area contributed by atoms with Gasteiger partial charge < -0.3 is 9.73 Å². The summed E-state index contributed by atoms with van der Waals surface area (Å²) in [5.74, 6) is 1.14. The first-order valence-electron chi connectivity index (χ1n) is 6.55. The van der Waals surface area contributed by atoms with Crippen LogP contribution in [-0.4, -0.2) is 11.5 Å². The Balaban J connectivity index is 1.89. The lowest BCUT2D eigenvalue weighted by atomic mass is 9.90. The number of piperidine rings is 1. The minimum Gasteiger partial charge on any atom is -0.439 e. The molecule has 1 aliphatic heterocycles. The van der Waals surface area contributed by atoms with Gasteiger partial charge in [0.25, 0.3) is 0 Å². The second-order valence-corrected chi connectivity index (χ2v) is 4.97. The van der Waals surface area contributed by atoms with Crippen molar-refractivity contribution in [2.24, 2.45) is 5.92 Å². The summed E-state index contributed by atoms with van der Waals surface area (Å²) < 4.78 is 18.8. The lowest BCUT2D eigenvalue weighted by Gasteiger charge is -2.27. The highest BCUT2D eigenvalue weighted by Crippen LogP contribution is 2.30. The van der Waals surface area contributed by atoms with Crippen LogP contribution < -0.4 is 5.32 Å². The highest BCUT2D eigenvalue weighted by Gasteiger charge is 2.25. The maximum atomic E-state index is 13.1. The molecule has 96 valence electrons. The molecule has 0 amide bonds. The van der Waals surface area contributed by atoms with Gasteiger partial charge in [-0.2, -0.15) is 0 Å². The highest BCUT2D eigenvalue weighted by atomic mass is 19.1. The van der Waals surface area contributed by atoms with E-state index in [0.717, 1.165) is 18.9 Å². The number of nitrogens with zero attached hydrogens (tertiary/aromatic N) is 1. The third-order valence-electron chi connectivity index (χ3n) is 3.75. The molecule has 1 aromatic carbocycles. The molecule has 0 spiro atoms. The molecule has 3 nitrogen and oxygen atoms in total. The second kappa shape index (κ2) is 4.69. The minimum atomic E-state index is -0.273. The molecule has 0 aliphatic carbocycles. The average molecular weight is 248 g/mol. The van der Waals surface area contributed by atoms with Gasteiger partial charge in [-0.3, -0.25) is 0 Å². The summed E-state index contributed by atoms with van der Waals surface area (Å²) in [5, 5.41) is 3.43. The van der Waals surface area contributed by atoms with Crippen molar-refractivity contribution in [1.82, 2.24) is 10.3 Å². The van der Waals surface area contributed by atoms with Crippen LogP contribution in [0.2, 0.25) is 0 Å². The Bertz CT molecular complexity index is 552. The SMILES string of the molecule is CCC1CCNC(c2nc3cc(F)ccc3o2)C1. The third-order valence-corrected chi connectivity index (χ3v) is 3.75. The standard InChI is InChI=1S/C14H17FN2O/c1-2-9-5-6-16-12(7-9)14-17-11-8-10(15)3-4-13(11)18-14/h3-4,8-9,12,16H,2,5-7H2,1H3. The molecule has 1 aromatic heterocycles. The van der Waals surface area contributed by atoms with Crippen molar-refractivity contribution in [2.45, 2.75) is 32.2 Å². The van der Waals surface area contributed by atoms with Gasteiger partial charge in [-0.25, -0.2) is 9.37 Å². The number of rotatable bonds is 2. The number of hydrogen-bond donors (Lipinski definition) is 1. The van der Waals surface area contributed by atoms with E-state index in [4.69, 9.17) is 4.42 Å². The quantitative estimate of drug-likeness (QED) is 0.885. The lowest BCUT2D eigenvalue weighted by Crippen LogP contribution is -2.31. The normalized spacial score (nSPS) is 24.6. The molecule has 1 aliphatic rings. The van der Waals surface area contributed by atoms with Crippen LogP contribution >= 0.6 is 0 Å². The lowest BCUT2D eigenvalue weighted by molar-refractivity contribution is 0.268. The second-order valence-electron chi connectivity index (χ2n) is 4.97. The fraction of sp³-hybridized carbons (Fsp3) is 0.500. The molecule has 0 saturated carbocycles. The number of hydrogen-bond acceptors (Lipinski definition) is 3. The molecule has 0 radical (unpaired) electrons. The number of halogens is 1. The first-order valence-corrected chi connectivity index (χ1v) is 6.55. The first-order chi connectivity index (χ1) is 8.76. The molecule has 0 bridgehead atoms. The molecule has 1 N–H and O–H groups in total. The molecule has 3 rings (SSSR count). The Labute approximate surface area is 105 Å². The number of benzene rings is 1. The Morgan fingerprint density at radius 1 is 1.50 bits per heavy atom. The van der Waals surface area contributed by atoms with E-state index >= 15 is 0 Å². The van der Waals surface area contributed by atoms with Crippen molar-refractivity contribution in [1.29, 1.82) is 0 Å². The zero-order chi connectivity index (χ0) is 12.5. The molecule has 2 atom stereocenters. The predicted molar refractivity (Wildman–Crippen MR) is 67.7 cm³/mol. The topological polar surface area (TPSA) is 38.1 Å². The molecular weight excluding hydrogens is 231 g/mol. The largest absolute Gasteiger partial charge is 0.439 e. The molecule has 2 heterocycles. The van der Waals surface area contributed by atoms with Crippen LogP contribution in [0, 0.1) is 11.7 Å². The molecule has 2 aromatic rings. The number of aromatic nitrogens is 1. The fourth-order valence-electron chi connectivity index (χ4n) is 2.62. The summed E-state index contributed by atoms with van der Waals surface area (Å²) in [6.45, 7) is 3.21. The van der Waals surface area contributed by atoms with Crippen LogP contribution in [0.5, 0.6) is 0 Å². The summed E-state index contributed by atoms with van der Waals surface area (Å²) in [5.41, 5.74) is 1.26. The van der Waals surface area contributed by atoms with E-state index in [9.17, 15) is 4.39 Å². The summed E-state index contributed by atoms with van der Waals surface area (Å²) in [7, 11) is 0. The summed E-state index contributed by atoms with van der Waals surface area (Å²) in [4.78, 5) is 4.40. The van der Waals surface area contributed by atoms with Crippen molar-refractivity contribution in [3.63, 3.8) is 0 Å². The Kier molecular flexibility index (Phi) is 3.04. The van der Waals surface area contributed by atoms with Gasteiger partial charge in [0, 0.05) is 6.07 Å². The van der Waals surface area contributed by atoms with Gasteiger partial charge in [0.15, 0.2) is 5.58 Å². The van der Waals surface area contributed by atoms with E-state index in [-0.39, 0.29) is 11.9 Å². The monoisotopic (exact) mass is 248 g/mol. The van der Waals surface area contributed by atoms with Crippen LogP contribution in [0.15, 0.2) is 22.6 Å². The van der Waals surface area contributed by atoms with Gasteiger partial charge in [-0.05, 0) is 37.4 Å². The van der Waals surface area contributed by atoms with E-state index in [1.54, 1.807) is 6.07 Å². The van der Waals surface area contributed by atoms with E-state index in [0.29, 0.717) is 17.0 Å². The van der Waals surface area contributed by atoms with E-state index in [1.807, 2.05) is 0 Å². The van der Waals surface area contributed by atoms with Crippen molar-refractivity contribution in [3.05, 3.63) is 29.9 Å². The predicted octanol–water partition coefficient (Wildman–Crippen LogP) is 3.42. The Morgan fingerprint density at radius 2 is 2.39 bits per heavy atom.